The number of carboxylic acids is 1. The normalized spacial score (nSPS) is 11.2. The van der Waals surface area contributed by atoms with Crippen molar-refractivity contribution in [2.45, 2.75) is 11.8 Å². The summed E-state index contributed by atoms with van der Waals surface area (Å²) < 4.78 is 30.8. The molecule has 0 fully saturated rings. The number of carbonyl (C=O) groups excluding carboxylic acids is 2. The molecular formula is C25H18BrN3O7S. The Balaban J connectivity index is 1.77. The monoisotopic (exact) mass is 583 g/mol. The third-order valence-electron chi connectivity index (χ3n) is 4.66. The second kappa shape index (κ2) is 11.5. The van der Waals surface area contributed by atoms with Gasteiger partial charge in [-0.25, -0.2) is 4.79 Å². The number of halogens is 1. The van der Waals surface area contributed by atoms with E-state index in [1.54, 1.807) is 6.07 Å². The molecule has 3 aromatic rings. The lowest BCUT2D eigenvalue weighted by atomic mass is 10.1. The van der Waals surface area contributed by atoms with Crippen molar-refractivity contribution in [2.75, 3.05) is 10.6 Å². The van der Waals surface area contributed by atoms with Crippen LogP contribution in [0.3, 0.4) is 0 Å². The molecule has 37 heavy (non-hydrogen) atoms. The Morgan fingerprint density at radius 1 is 1.00 bits per heavy atom. The quantitative estimate of drug-likeness (QED) is 0.199. The van der Waals surface area contributed by atoms with Crippen molar-refractivity contribution in [1.29, 1.82) is 5.26 Å². The molecule has 0 radical (unpaired) electrons. The SMILES string of the molecule is CC(=O)Nc1ccc(S(=O)(=O)Oc2ccc(/C=C(\C#N)C(=O)Nc3cccc(C(=O)O)c3)cc2Br)cc1. The van der Waals surface area contributed by atoms with Crippen molar-refractivity contribution in [3.05, 3.63) is 87.9 Å². The van der Waals surface area contributed by atoms with Crippen molar-refractivity contribution >= 4 is 61.3 Å². The second-order valence-corrected chi connectivity index (χ2v) is 9.84. The van der Waals surface area contributed by atoms with E-state index in [4.69, 9.17) is 9.29 Å². The van der Waals surface area contributed by atoms with Crippen molar-refractivity contribution in [2.24, 2.45) is 0 Å². The summed E-state index contributed by atoms with van der Waals surface area (Å²) in [7, 11) is -4.20. The Labute approximate surface area is 220 Å². The van der Waals surface area contributed by atoms with E-state index in [1.807, 2.05) is 0 Å². The minimum atomic E-state index is -4.20. The van der Waals surface area contributed by atoms with Gasteiger partial charge in [0.2, 0.25) is 5.91 Å². The van der Waals surface area contributed by atoms with Gasteiger partial charge in [-0.2, -0.15) is 13.7 Å². The molecule has 0 aromatic heterocycles. The summed E-state index contributed by atoms with van der Waals surface area (Å²) in [6, 6.07) is 17.0. The first-order valence-corrected chi connectivity index (χ1v) is 12.6. The molecule has 0 atom stereocenters. The number of nitriles is 1. The first-order valence-electron chi connectivity index (χ1n) is 10.4. The lowest BCUT2D eigenvalue weighted by Crippen LogP contribution is -2.14. The number of nitrogens with one attached hydrogen (secondary N) is 2. The van der Waals surface area contributed by atoms with Crippen LogP contribution in [0.25, 0.3) is 6.08 Å². The molecule has 3 N–H and O–H groups in total. The molecule has 10 nitrogen and oxygen atoms in total. The minimum Gasteiger partial charge on any atom is -0.478 e. The third-order valence-corrected chi connectivity index (χ3v) is 6.53. The largest absolute Gasteiger partial charge is 0.478 e. The Bertz CT molecular complexity index is 1560. The Hall–Kier alpha value is -4.47. The lowest BCUT2D eigenvalue weighted by molar-refractivity contribution is -0.114. The maximum absolute atomic E-state index is 12.7. The fourth-order valence-corrected chi connectivity index (χ4v) is 4.52. The van der Waals surface area contributed by atoms with Crippen LogP contribution < -0.4 is 14.8 Å². The molecule has 0 unspecified atom stereocenters. The number of rotatable bonds is 8. The maximum Gasteiger partial charge on any atom is 0.339 e. The zero-order chi connectivity index (χ0) is 27.2. The van der Waals surface area contributed by atoms with Gasteiger partial charge in [-0.3, -0.25) is 9.59 Å². The minimum absolute atomic E-state index is 0.0292. The van der Waals surface area contributed by atoms with Crippen LogP contribution in [0.5, 0.6) is 5.75 Å². The summed E-state index contributed by atoms with van der Waals surface area (Å²) in [5.41, 5.74) is 0.718. The molecule has 3 aromatic carbocycles. The van der Waals surface area contributed by atoms with E-state index in [9.17, 15) is 28.1 Å². The van der Waals surface area contributed by atoms with Crippen LogP contribution in [0, 0.1) is 11.3 Å². The topological polar surface area (TPSA) is 163 Å². The zero-order valence-corrected chi connectivity index (χ0v) is 21.5. The van der Waals surface area contributed by atoms with Crippen molar-refractivity contribution in [3.63, 3.8) is 0 Å². The molecule has 3 rings (SSSR count). The third kappa shape index (κ3) is 7.26. The molecule has 0 aliphatic carbocycles. The number of carboxylic acid groups (broad SMARTS) is 1. The zero-order valence-electron chi connectivity index (χ0n) is 19.1. The lowest BCUT2D eigenvalue weighted by Gasteiger charge is -2.10. The van der Waals surface area contributed by atoms with Crippen LogP contribution in [0.2, 0.25) is 0 Å². The Kier molecular flexibility index (Phi) is 8.44. The predicted octanol–water partition coefficient (Wildman–Crippen LogP) is 4.42. The highest BCUT2D eigenvalue weighted by atomic mass is 79.9. The summed E-state index contributed by atoms with van der Waals surface area (Å²) in [5.74, 6) is -2.25. The summed E-state index contributed by atoms with van der Waals surface area (Å²) in [6.07, 6.45) is 1.28. The maximum atomic E-state index is 12.7. The van der Waals surface area contributed by atoms with Gasteiger partial charge >= 0.3 is 16.1 Å². The standard InChI is InChI=1S/C25H18BrN3O7S/c1-15(30)28-19-6-8-21(9-7-19)37(34,35)36-23-10-5-16(12-22(23)26)11-18(14-27)24(31)29-20-4-2-3-17(13-20)25(32)33/h2-13H,1H3,(H,28,30)(H,29,31)(H,32,33)/b18-11+. The van der Waals surface area contributed by atoms with Crippen LogP contribution in [-0.4, -0.2) is 31.3 Å². The fourth-order valence-electron chi connectivity index (χ4n) is 2.99. The Morgan fingerprint density at radius 2 is 1.70 bits per heavy atom. The van der Waals surface area contributed by atoms with Crippen LogP contribution in [0.4, 0.5) is 11.4 Å². The first-order chi connectivity index (χ1) is 17.5. The number of aromatic carboxylic acids is 1. The average Bonchev–Trinajstić information content (AvgIpc) is 2.84. The highest BCUT2D eigenvalue weighted by Crippen LogP contribution is 2.30. The second-order valence-electron chi connectivity index (χ2n) is 7.44. The van der Waals surface area contributed by atoms with Crippen LogP contribution in [-0.2, 0) is 19.7 Å². The highest BCUT2D eigenvalue weighted by Gasteiger charge is 2.19. The van der Waals surface area contributed by atoms with E-state index in [0.717, 1.165) is 0 Å². The smallest absolute Gasteiger partial charge is 0.339 e. The molecule has 2 amide bonds. The van der Waals surface area contributed by atoms with Crippen molar-refractivity contribution in [1.82, 2.24) is 0 Å². The summed E-state index contributed by atoms with van der Waals surface area (Å²) in [5, 5.41) is 23.5. The van der Waals surface area contributed by atoms with Crippen LogP contribution in [0.1, 0.15) is 22.8 Å². The molecule has 188 valence electrons. The number of benzene rings is 3. The number of amides is 2. The number of hydrogen-bond donors (Lipinski definition) is 3. The van der Waals surface area contributed by atoms with Crippen molar-refractivity contribution in [3.8, 4) is 11.8 Å². The van der Waals surface area contributed by atoms with Gasteiger partial charge in [-0.05, 0) is 82.2 Å². The molecular weight excluding hydrogens is 566 g/mol. The van der Waals surface area contributed by atoms with Gasteiger partial charge in [0.15, 0.2) is 5.75 Å². The van der Waals surface area contributed by atoms with Crippen LogP contribution >= 0.6 is 15.9 Å². The van der Waals surface area contributed by atoms with Gasteiger partial charge in [0.25, 0.3) is 5.91 Å². The van der Waals surface area contributed by atoms with E-state index in [1.165, 1.54) is 79.7 Å². The van der Waals surface area contributed by atoms with Gasteiger partial charge in [0.05, 0.1) is 10.0 Å². The molecule has 0 bridgehead atoms. The molecule has 0 saturated heterocycles. The van der Waals surface area contributed by atoms with Gasteiger partial charge in [-0.1, -0.05) is 12.1 Å². The molecule has 12 heteroatoms. The van der Waals surface area contributed by atoms with E-state index in [-0.39, 0.29) is 37.8 Å². The van der Waals surface area contributed by atoms with Gasteiger partial charge in [0.1, 0.15) is 16.5 Å². The number of nitrogens with zero attached hydrogens (tertiary/aromatic N) is 1. The average molecular weight is 584 g/mol. The van der Waals surface area contributed by atoms with Crippen molar-refractivity contribution < 1.29 is 32.1 Å². The Morgan fingerprint density at radius 3 is 2.30 bits per heavy atom. The number of carbonyl (C=O) groups is 3. The first kappa shape index (κ1) is 27.1. The molecule has 0 heterocycles. The van der Waals surface area contributed by atoms with E-state index in [0.29, 0.717) is 11.3 Å². The predicted molar refractivity (Wildman–Crippen MR) is 138 cm³/mol. The number of hydrogen-bond acceptors (Lipinski definition) is 7. The van der Waals surface area contributed by atoms with Gasteiger partial charge in [0, 0.05) is 18.3 Å². The van der Waals surface area contributed by atoms with Gasteiger partial charge in [-0.15, -0.1) is 0 Å². The summed E-state index contributed by atoms with van der Waals surface area (Å²) in [6.45, 7) is 1.33. The molecule has 0 aliphatic heterocycles. The van der Waals surface area contributed by atoms with E-state index in [2.05, 4.69) is 26.6 Å². The molecule has 0 saturated carbocycles. The summed E-state index contributed by atoms with van der Waals surface area (Å²) >= 11 is 3.23. The molecule has 0 aliphatic rings. The van der Waals surface area contributed by atoms with E-state index < -0.39 is 22.0 Å². The number of anilines is 2. The van der Waals surface area contributed by atoms with Gasteiger partial charge < -0.3 is 19.9 Å². The van der Waals surface area contributed by atoms with E-state index >= 15 is 0 Å². The highest BCUT2D eigenvalue weighted by molar-refractivity contribution is 9.10. The fraction of sp³-hybridized carbons (Fsp3) is 0.0400. The molecule has 0 spiro atoms. The summed E-state index contributed by atoms with van der Waals surface area (Å²) in [4.78, 5) is 34.6. The van der Waals surface area contributed by atoms with Crippen LogP contribution in [0.15, 0.2) is 81.7 Å².